The minimum atomic E-state index is -4.15. The summed E-state index contributed by atoms with van der Waals surface area (Å²) in [5.41, 5.74) is 2.12. The molecule has 0 spiro atoms. The summed E-state index contributed by atoms with van der Waals surface area (Å²) in [5, 5.41) is 7.55. The molecule has 8 heteroatoms. The van der Waals surface area contributed by atoms with Crippen molar-refractivity contribution in [3.63, 3.8) is 0 Å². The number of halogens is 3. The Balaban J connectivity index is 1.57. The van der Waals surface area contributed by atoms with Crippen molar-refractivity contribution < 1.29 is 13.2 Å². The van der Waals surface area contributed by atoms with Gasteiger partial charge in [0.2, 0.25) is 0 Å². The van der Waals surface area contributed by atoms with Gasteiger partial charge in [-0.2, -0.15) is 13.2 Å². The van der Waals surface area contributed by atoms with Crippen molar-refractivity contribution in [1.29, 1.82) is 0 Å². The van der Waals surface area contributed by atoms with Crippen LogP contribution in [0, 0.1) is 0 Å². The average Bonchev–Trinajstić information content (AvgIpc) is 3.07. The number of nitrogens with zero attached hydrogens (tertiary/aromatic N) is 3. The van der Waals surface area contributed by atoms with E-state index in [1.807, 2.05) is 31.2 Å². The second-order valence-corrected chi connectivity index (χ2v) is 6.98. The second kappa shape index (κ2) is 9.23. The largest absolute Gasteiger partial charge is 0.401 e. The van der Waals surface area contributed by atoms with Crippen molar-refractivity contribution in [2.24, 2.45) is 4.99 Å². The molecule has 1 atom stereocenters. The Bertz CT molecular complexity index is 801. The molecule has 2 heterocycles. The summed E-state index contributed by atoms with van der Waals surface area (Å²) in [5.74, 6) is 0.648. The maximum absolute atomic E-state index is 12.6. The Morgan fingerprint density at radius 2 is 2.11 bits per heavy atom. The van der Waals surface area contributed by atoms with Gasteiger partial charge >= 0.3 is 6.18 Å². The minimum absolute atomic E-state index is 0.0284. The first kappa shape index (κ1) is 20.4. The third kappa shape index (κ3) is 5.82. The fourth-order valence-electron chi connectivity index (χ4n) is 3.52. The van der Waals surface area contributed by atoms with Crippen LogP contribution in [0.15, 0.2) is 41.5 Å². The summed E-state index contributed by atoms with van der Waals surface area (Å²) >= 11 is 0. The summed E-state index contributed by atoms with van der Waals surface area (Å²) in [6.45, 7) is 3.20. The van der Waals surface area contributed by atoms with Crippen LogP contribution >= 0.6 is 0 Å². The third-order valence-electron chi connectivity index (χ3n) is 4.73. The molecule has 1 aliphatic rings. The Labute approximate surface area is 163 Å². The summed E-state index contributed by atoms with van der Waals surface area (Å²) in [4.78, 5) is 10.5. The Morgan fingerprint density at radius 1 is 1.29 bits per heavy atom. The quantitative estimate of drug-likeness (QED) is 0.585. The van der Waals surface area contributed by atoms with Crippen LogP contribution < -0.4 is 10.6 Å². The van der Waals surface area contributed by atoms with E-state index in [9.17, 15) is 13.2 Å². The zero-order valence-electron chi connectivity index (χ0n) is 16.0. The minimum Gasteiger partial charge on any atom is -0.357 e. The van der Waals surface area contributed by atoms with E-state index in [0.717, 1.165) is 22.9 Å². The number of guanidine groups is 1. The number of aromatic nitrogens is 1. The number of alkyl halides is 3. The SMILES string of the molecule is CCNC(=NCCc1cccc2cccnc12)NC1CCN(CC(F)(F)F)C1. The molecule has 1 aromatic heterocycles. The predicted octanol–water partition coefficient (Wildman–Crippen LogP) is 2.97. The molecule has 0 radical (unpaired) electrons. The fourth-order valence-corrected chi connectivity index (χ4v) is 3.52. The molecule has 28 heavy (non-hydrogen) atoms. The van der Waals surface area contributed by atoms with Crippen LogP contribution in [0.2, 0.25) is 0 Å². The number of hydrogen-bond acceptors (Lipinski definition) is 3. The van der Waals surface area contributed by atoms with Crippen molar-refractivity contribution in [1.82, 2.24) is 20.5 Å². The van der Waals surface area contributed by atoms with Gasteiger partial charge in [-0.3, -0.25) is 14.9 Å². The van der Waals surface area contributed by atoms with Crippen LogP contribution in [-0.2, 0) is 6.42 Å². The molecule has 0 saturated carbocycles. The van der Waals surface area contributed by atoms with Crippen molar-refractivity contribution >= 4 is 16.9 Å². The van der Waals surface area contributed by atoms with Crippen LogP contribution in [0.1, 0.15) is 18.9 Å². The highest BCUT2D eigenvalue weighted by atomic mass is 19.4. The lowest BCUT2D eigenvalue weighted by Gasteiger charge is -2.19. The number of fused-ring (bicyclic) bond motifs is 1. The Hall–Kier alpha value is -2.35. The van der Waals surface area contributed by atoms with Crippen LogP contribution in [0.5, 0.6) is 0 Å². The number of rotatable bonds is 6. The first-order valence-corrected chi connectivity index (χ1v) is 9.61. The first-order chi connectivity index (χ1) is 13.4. The zero-order valence-corrected chi connectivity index (χ0v) is 16.0. The summed E-state index contributed by atoms with van der Waals surface area (Å²) in [6.07, 6.45) is -0.947. The molecule has 0 bridgehead atoms. The van der Waals surface area contributed by atoms with Crippen LogP contribution in [-0.4, -0.2) is 60.8 Å². The van der Waals surface area contributed by atoms with E-state index in [1.165, 1.54) is 4.90 Å². The normalized spacial score (nSPS) is 18.6. The van der Waals surface area contributed by atoms with Crippen molar-refractivity contribution in [2.45, 2.75) is 32.0 Å². The number of hydrogen-bond donors (Lipinski definition) is 2. The molecule has 0 amide bonds. The molecule has 2 aromatic rings. The lowest BCUT2D eigenvalue weighted by molar-refractivity contribution is -0.143. The Kier molecular flexibility index (Phi) is 6.72. The number of benzene rings is 1. The van der Waals surface area contributed by atoms with E-state index in [1.54, 1.807) is 6.20 Å². The molecule has 1 aliphatic heterocycles. The van der Waals surface area contributed by atoms with Crippen molar-refractivity contribution in [2.75, 3.05) is 32.7 Å². The molecule has 1 unspecified atom stereocenters. The predicted molar refractivity (Wildman–Crippen MR) is 105 cm³/mol. The Morgan fingerprint density at radius 3 is 2.89 bits per heavy atom. The van der Waals surface area contributed by atoms with Crippen LogP contribution in [0.3, 0.4) is 0 Å². The number of pyridine rings is 1. The standard InChI is InChI=1S/C20H26F3N5/c1-2-24-19(27-17-9-12-28(13-17)14-20(21,22)23)26-11-8-16-6-3-5-15-7-4-10-25-18(15)16/h3-7,10,17H,2,8-9,11-14H2,1H3,(H2,24,26,27). The highest BCUT2D eigenvalue weighted by molar-refractivity contribution is 5.82. The maximum atomic E-state index is 12.6. The molecular weight excluding hydrogens is 367 g/mol. The number of para-hydroxylation sites is 1. The highest BCUT2D eigenvalue weighted by Gasteiger charge is 2.34. The maximum Gasteiger partial charge on any atom is 0.401 e. The van der Waals surface area contributed by atoms with Crippen molar-refractivity contribution in [3.05, 3.63) is 42.1 Å². The van der Waals surface area contributed by atoms with Gasteiger partial charge in [-0.25, -0.2) is 0 Å². The van der Waals surface area contributed by atoms with Gasteiger partial charge in [0.05, 0.1) is 12.1 Å². The number of nitrogens with one attached hydrogen (secondary N) is 2. The molecule has 3 rings (SSSR count). The van der Waals surface area contributed by atoms with Crippen LogP contribution in [0.25, 0.3) is 10.9 Å². The topological polar surface area (TPSA) is 52.6 Å². The van der Waals surface area contributed by atoms with Gasteiger partial charge in [-0.05, 0) is 31.4 Å². The molecule has 152 valence electrons. The van der Waals surface area contributed by atoms with E-state index in [-0.39, 0.29) is 6.04 Å². The highest BCUT2D eigenvalue weighted by Crippen LogP contribution is 2.20. The molecule has 2 N–H and O–H groups in total. The lowest BCUT2D eigenvalue weighted by Crippen LogP contribution is -2.45. The number of likely N-dealkylation sites (tertiary alicyclic amines) is 1. The van der Waals surface area contributed by atoms with Crippen LogP contribution in [0.4, 0.5) is 13.2 Å². The molecule has 5 nitrogen and oxygen atoms in total. The second-order valence-electron chi connectivity index (χ2n) is 6.98. The lowest BCUT2D eigenvalue weighted by atomic mass is 10.1. The average molecular weight is 393 g/mol. The number of aliphatic imine (C=N–C) groups is 1. The van der Waals surface area contributed by atoms with Gasteiger partial charge in [0, 0.05) is 43.8 Å². The zero-order chi connectivity index (χ0) is 20.0. The summed E-state index contributed by atoms with van der Waals surface area (Å²) in [6, 6.07) is 10.0. The van der Waals surface area contributed by atoms with Gasteiger partial charge in [-0.15, -0.1) is 0 Å². The van der Waals surface area contributed by atoms with E-state index >= 15 is 0 Å². The summed E-state index contributed by atoms with van der Waals surface area (Å²) < 4.78 is 37.7. The monoisotopic (exact) mass is 393 g/mol. The van der Waals surface area contributed by atoms with Gasteiger partial charge in [0.1, 0.15) is 0 Å². The van der Waals surface area contributed by atoms with E-state index < -0.39 is 12.7 Å². The van der Waals surface area contributed by atoms with Gasteiger partial charge < -0.3 is 10.6 Å². The molecule has 1 fully saturated rings. The molecular formula is C20H26F3N5. The first-order valence-electron chi connectivity index (χ1n) is 9.61. The molecule has 1 saturated heterocycles. The van der Waals surface area contributed by atoms with E-state index in [0.29, 0.717) is 38.6 Å². The van der Waals surface area contributed by atoms with E-state index in [2.05, 4.69) is 26.7 Å². The van der Waals surface area contributed by atoms with Crippen molar-refractivity contribution in [3.8, 4) is 0 Å². The summed E-state index contributed by atoms with van der Waals surface area (Å²) in [7, 11) is 0. The molecule has 0 aliphatic carbocycles. The van der Waals surface area contributed by atoms with Gasteiger partial charge in [0.15, 0.2) is 5.96 Å². The van der Waals surface area contributed by atoms with Gasteiger partial charge in [-0.1, -0.05) is 24.3 Å². The fraction of sp³-hybridized carbons (Fsp3) is 0.500. The third-order valence-corrected chi connectivity index (χ3v) is 4.73. The van der Waals surface area contributed by atoms with E-state index in [4.69, 9.17) is 0 Å². The smallest absolute Gasteiger partial charge is 0.357 e. The molecule has 1 aromatic carbocycles. The van der Waals surface area contributed by atoms with Gasteiger partial charge in [0.25, 0.3) is 0 Å².